The van der Waals surface area contributed by atoms with Crippen LogP contribution in [0.1, 0.15) is 19.3 Å². The smallest absolute Gasteiger partial charge is 0.285 e. The third kappa shape index (κ3) is 3.49. The number of nitrogens with one attached hydrogen (secondary N) is 1. The molecule has 1 aliphatic heterocycles. The molecule has 0 spiro atoms. The zero-order valence-corrected chi connectivity index (χ0v) is 18.4. The van der Waals surface area contributed by atoms with Gasteiger partial charge in [0.2, 0.25) is 23.5 Å². The van der Waals surface area contributed by atoms with Gasteiger partial charge in [0.15, 0.2) is 0 Å². The number of nitrogens with zero attached hydrogens (tertiary/aromatic N) is 7. The number of rotatable bonds is 5. The maximum Gasteiger partial charge on any atom is 0.285 e. The summed E-state index contributed by atoms with van der Waals surface area (Å²) in [6.45, 7) is -0.323. The van der Waals surface area contributed by atoms with Crippen molar-refractivity contribution >= 4 is 23.1 Å². The molecule has 12 heteroatoms. The zero-order chi connectivity index (χ0) is 23.4. The summed E-state index contributed by atoms with van der Waals surface area (Å²) < 4.78 is 38.6. The summed E-state index contributed by atoms with van der Waals surface area (Å²) in [5.74, 6) is -2.51. The molecule has 2 fully saturated rings. The molecule has 1 N–H and O–H groups in total. The molecule has 0 bridgehead atoms. The summed E-state index contributed by atoms with van der Waals surface area (Å²) in [6, 6.07) is 0.646. The maximum atomic E-state index is 14.9. The Morgan fingerprint density at radius 2 is 2.09 bits per heavy atom. The quantitative estimate of drug-likeness (QED) is 0.480. The van der Waals surface area contributed by atoms with Crippen LogP contribution in [0.25, 0.3) is 22.4 Å². The number of ether oxygens (including phenoxy) is 1. The second-order valence-electron chi connectivity index (χ2n) is 8.73. The first-order valence-electron chi connectivity index (χ1n) is 11.1. The van der Waals surface area contributed by atoms with Crippen molar-refractivity contribution < 1.29 is 18.3 Å². The molecular formula is C22H22F2N8O2. The second kappa shape index (κ2) is 7.61. The molecule has 6 rings (SSSR count). The Bertz CT molecular complexity index is 1400. The molecule has 0 unspecified atom stereocenters. The lowest BCUT2D eigenvalue weighted by atomic mass is 10.0. The van der Waals surface area contributed by atoms with Gasteiger partial charge in [0.1, 0.15) is 5.52 Å². The van der Waals surface area contributed by atoms with Crippen molar-refractivity contribution in [3.63, 3.8) is 0 Å². The number of methoxy groups -OCH3 is 1. The number of anilines is 1. The lowest BCUT2D eigenvalue weighted by Crippen LogP contribution is -2.56. The van der Waals surface area contributed by atoms with Crippen LogP contribution in [0.5, 0.6) is 5.88 Å². The Labute approximate surface area is 192 Å². The van der Waals surface area contributed by atoms with E-state index in [4.69, 9.17) is 4.74 Å². The van der Waals surface area contributed by atoms with Gasteiger partial charge in [-0.1, -0.05) is 0 Å². The van der Waals surface area contributed by atoms with E-state index in [0.717, 1.165) is 24.0 Å². The topological polar surface area (TPSA) is 102 Å². The van der Waals surface area contributed by atoms with Gasteiger partial charge >= 0.3 is 0 Å². The van der Waals surface area contributed by atoms with Gasteiger partial charge in [-0.05, 0) is 25.3 Å². The molecule has 1 saturated carbocycles. The van der Waals surface area contributed by atoms with Gasteiger partial charge in [0.05, 0.1) is 19.7 Å². The van der Waals surface area contributed by atoms with E-state index in [1.807, 2.05) is 12.3 Å². The highest BCUT2D eigenvalue weighted by molar-refractivity contribution is 5.84. The molecule has 1 atom stereocenters. The number of imidazole rings is 1. The Morgan fingerprint density at radius 1 is 1.24 bits per heavy atom. The van der Waals surface area contributed by atoms with E-state index in [1.54, 1.807) is 33.7 Å². The van der Waals surface area contributed by atoms with Gasteiger partial charge in [0.25, 0.3) is 5.92 Å². The van der Waals surface area contributed by atoms with E-state index in [1.165, 1.54) is 12.0 Å². The molecule has 1 saturated heterocycles. The molecule has 1 aliphatic carbocycles. The number of aromatic nitrogens is 6. The van der Waals surface area contributed by atoms with Crippen molar-refractivity contribution in [3.05, 3.63) is 37.1 Å². The minimum atomic E-state index is -3.11. The lowest BCUT2D eigenvalue weighted by molar-refractivity contribution is -0.144. The molecule has 10 nitrogen and oxygen atoms in total. The van der Waals surface area contributed by atoms with Gasteiger partial charge in [-0.15, -0.1) is 5.10 Å². The van der Waals surface area contributed by atoms with Crippen molar-refractivity contribution in [1.29, 1.82) is 0 Å². The molecule has 0 radical (unpaired) electrons. The van der Waals surface area contributed by atoms with Crippen molar-refractivity contribution in [3.8, 4) is 17.0 Å². The summed E-state index contributed by atoms with van der Waals surface area (Å²) in [4.78, 5) is 26.4. The van der Waals surface area contributed by atoms with Crippen LogP contribution < -0.4 is 10.1 Å². The van der Waals surface area contributed by atoms with E-state index >= 15 is 0 Å². The molecule has 176 valence electrons. The van der Waals surface area contributed by atoms with E-state index in [-0.39, 0.29) is 36.6 Å². The molecule has 34 heavy (non-hydrogen) atoms. The Morgan fingerprint density at radius 3 is 2.85 bits per heavy atom. The predicted molar refractivity (Wildman–Crippen MR) is 118 cm³/mol. The summed E-state index contributed by atoms with van der Waals surface area (Å²) in [5, 5.41) is 7.17. The molecule has 4 aromatic heterocycles. The fourth-order valence-corrected chi connectivity index (χ4v) is 4.43. The van der Waals surface area contributed by atoms with Crippen molar-refractivity contribution in [1.82, 2.24) is 33.9 Å². The molecule has 1 amide bonds. The zero-order valence-electron chi connectivity index (χ0n) is 18.4. The summed E-state index contributed by atoms with van der Waals surface area (Å²) in [7, 11) is 1.47. The van der Waals surface area contributed by atoms with E-state index < -0.39 is 18.5 Å². The SMILES string of the molecule is COc1nc(N[C@@H]2CCN(C(=O)C3CC3)CC2(F)F)nn2ccc(-c3cnc4nccn4c3)c12. The number of alkyl halides is 2. The van der Waals surface area contributed by atoms with Gasteiger partial charge in [0, 0.05) is 54.6 Å². The van der Waals surface area contributed by atoms with Gasteiger partial charge in [-0.2, -0.15) is 4.98 Å². The van der Waals surface area contributed by atoms with Crippen LogP contribution in [0.4, 0.5) is 14.7 Å². The first-order valence-corrected chi connectivity index (χ1v) is 11.1. The maximum absolute atomic E-state index is 14.9. The number of halogens is 2. The highest BCUT2D eigenvalue weighted by atomic mass is 19.3. The van der Waals surface area contributed by atoms with Crippen LogP contribution in [0, 0.1) is 5.92 Å². The summed E-state index contributed by atoms with van der Waals surface area (Å²) >= 11 is 0. The lowest BCUT2D eigenvalue weighted by Gasteiger charge is -2.38. The normalized spacial score (nSPS) is 20.1. The predicted octanol–water partition coefficient (Wildman–Crippen LogP) is 2.51. The molecule has 0 aromatic carbocycles. The number of amides is 1. The highest BCUT2D eigenvalue weighted by Crippen LogP contribution is 2.36. The van der Waals surface area contributed by atoms with Crippen LogP contribution in [0.2, 0.25) is 0 Å². The fourth-order valence-electron chi connectivity index (χ4n) is 4.43. The first-order chi connectivity index (χ1) is 16.4. The largest absolute Gasteiger partial charge is 0.479 e. The van der Waals surface area contributed by atoms with Crippen molar-refractivity contribution in [2.45, 2.75) is 31.2 Å². The highest BCUT2D eigenvalue weighted by Gasteiger charge is 2.48. The van der Waals surface area contributed by atoms with Gasteiger partial charge in [-0.3, -0.25) is 9.20 Å². The molecule has 4 aromatic rings. The first kappa shape index (κ1) is 20.8. The minimum Gasteiger partial charge on any atom is -0.479 e. The van der Waals surface area contributed by atoms with E-state index in [0.29, 0.717) is 11.3 Å². The van der Waals surface area contributed by atoms with Gasteiger partial charge < -0.3 is 15.0 Å². The Hall–Kier alpha value is -3.83. The average molecular weight is 468 g/mol. The Kier molecular flexibility index (Phi) is 4.64. The van der Waals surface area contributed by atoms with Crippen molar-refractivity contribution in [2.75, 3.05) is 25.5 Å². The molecular weight excluding hydrogens is 446 g/mol. The van der Waals surface area contributed by atoms with E-state index in [9.17, 15) is 13.6 Å². The van der Waals surface area contributed by atoms with Crippen LogP contribution in [-0.4, -0.2) is 71.9 Å². The van der Waals surface area contributed by atoms with Crippen molar-refractivity contribution in [2.24, 2.45) is 5.92 Å². The minimum absolute atomic E-state index is 0.0290. The Balaban J connectivity index is 1.28. The van der Waals surface area contributed by atoms with Gasteiger partial charge in [-0.25, -0.2) is 23.3 Å². The standard InChI is InChI=1S/C22H22F2N8O2/c1-34-18-17-15(14-10-26-21-25-6-9-30(21)11-14)4-8-32(17)29-20(28-18)27-16-5-7-31(12-22(16,23)24)19(33)13-2-3-13/h4,6,8-11,13,16H,2-3,5,7,12H2,1H3,(H,27,29)/t16-/m1/s1. The fraction of sp³-hybridized carbons (Fsp3) is 0.409. The summed E-state index contributed by atoms with van der Waals surface area (Å²) in [5.41, 5.74) is 2.17. The monoisotopic (exact) mass is 468 g/mol. The van der Waals surface area contributed by atoms with Crippen LogP contribution in [-0.2, 0) is 4.79 Å². The number of carbonyl (C=O) groups is 1. The average Bonchev–Trinajstić information content (AvgIpc) is 3.41. The molecule has 5 heterocycles. The van der Waals surface area contributed by atoms with E-state index in [2.05, 4.69) is 25.4 Å². The number of hydrogen-bond acceptors (Lipinski definition) is 7. The third-order valence-electron chi connectivity index (χ3n) is 6.37. The number of fused-ring (bicyclic) bond motifs is 2. The summed E-state index contributed by atoms with van der Waals surface area (Å²) in [6.07, 6.45) is 10.4. The number of piperidine rings is 1. The number of carbonyl (C=O) groups excluding carboxylic acids is 1. The third-order valence-corrected chi connectivity index (χ3v) is 6.37. The van der Waals surface area contributed by atoms with Crippen LogP contribution >= 0.6 is 0 Å². The van der Waals surface area contributed by atoms with Crippen LogP contribution in [0.15, 0.2) is 37.1 Å². The van der Waals surface area contributed by atoms with Crippen LogP contribution in [0.3, 0.4) is 0 Å². The second-order valence-corrected chi connectivity index (χ2v) is 8.73. The number of likely N-dealkylation sites (tertiary alicyclic amines) is 1. The number of hydrogen-bond donors (Lipinski definition) is 1. The molecule has 2 aliphatic rings.